The second kappa shape index (κ2) is 9.30. The quantitative estimate of drug-likeness (QED) is 0.405. The summed E-state index contributed by atoms with van der Waals surface area (Å²) in [6, 6.07) is 0.586. The Kier molecular flexibility index (Phi) is 8.46. The van der Waals surface area contributed by atoms with Crippen molar-refractivity contribution in [2.45, 2.75) is 59.4 Å². The third-order valence-electron chi connectivity index (χ3n) is 4.92. The molecule has 0 aromatic carbocycles. The number of ether oxygens (including phenoxy) is 1. The van der Waals surface area contributed by atoms with Crippen LogP contribution in [0.1, 0.15) is 53.4 Å². The summed E-state index contributed by atoms with van der Waals surface area (Å²) in [6.07, 6.45) is 5.24. The van der Waals surface area contributed by atoms with Gasteiger partial charge in [-0.2, -0.15) is 0 Å². The Morgan fingerprint density at radius 2 is 1.86 bits per heavy atom. The van der Waals surface area contributed by atoms with Gasteiger partial charge in [-0.3, -0.25) is 4.99 Å². The van der Waals surface area contributed by atoms with Crippen LogP contribution in [0.3, 0.4) is 0 Å². The summed E-state index contributed by atoms with van der Waals surface area (Å²) in [4.78, 5) is 4.77. The number of nitrogens with one attached hydrogen (secondary N) is 2. The predicted molar refractivity (Wildman–Crippen MR) is 104 cm³/mol. The fraction of sp³-hybridized carbons (Fsp3) is 0.941. The molecule has 1 heterocycles. The standard InChI is InChI=1S/C17H33N3O.HI/c1-5-18-16(19-10-17(4)11-21-12-17)20-15-8-6-14(7-9-15)13(2)3;/h13-15H,5-12H2,1-4H3,(H2,18,19,20);1H. The lowest BCUT2D eigenvalue weighted by atomic mass is 9.80. The van der Waals surface area contributed by atoms with Gasteiger partial charge < -0.3 is 15.4 Å². The molecule has 0 unspecified atom stereocenters. The van der Waals surface area contributed by atoms with Gasteiger partial charge in [0, 0.05) is 18.0 Å². The normalized spacial score (nSPS) is 27.8. The summed E-state index contributed by atoms with van der Waals surface area (Å²) in [5.41, 5.74) is 0.248. The van der Waals surface area contributed by atoms with Crippen LogP contribution >= 0.6 is 24.0 Å². The number of nitrogens with zero attached hydrogens (tertiary/aromatic N) is 1. The summed E-state index contributed by atoms with van der Waals surface area (Å²) >= 11 is 0. The van der Waals surface area contributed by atoms with Gasteiger partial charge in [-0.15, -0.1) is 24.0 Å². The van der Waals surface area contributed by atoms with Gasteiger partial charge in [0.2, 0.25) is 0 Å². The van der Waals surface area contributed by atoms with E-state index in [1.807, 2.05) is 0 Å². The van der Waals surface area contributed by atoms with E-state index in [4.69, 9.17) is 9.73 Å². The van der Waals surface area contributed by atoms with Crippen LogP contribution in [0.15, 0.2) is 4.99 Å². The van der Waals surface area contributed by atoms with E-state index in [0.29, 0.717) is 6.04 Å². The molecule has 0 spiro atoms. The lowest BCUT2D eigenvalue weighted by Crippen LogP contribution is -2.47. The van der Waals surface area contributed by atoms with Crippen LogP contribution in [0.2, 0.25) is 0 Å². The van der Waals surface area contributed by atoms with Crippen LogP contribution in [0.5, 0.6) is 0 Å². The van der Waals surface area contributed by atoms with E-state index in [1.54, 1.807) is 0 Å². The van der Waals surface area contributed by atoms with E-state index in [1.165, 1.54) is 25.7 Å². The van der Waals surface area contributed by atoms with E-state index in [9.17, 15) is 0 Å². The Bertz CT molecular complexity index is 348. The molecule has 130 valence electrons. The summed E-state index contributed by atoms with van der Waals surface area (Å²) in [6.45, 7) is 12.5. The number of guanidine groups is 1. The number of rotatable bonds is 5. The van der Waals surface area contributed by atoms with Crippen molar-refractivity contribution < 1.29 is 4.74 Å². The zero-order valence-corrected chi connectivity index (χ0v) is 17.0. The molecule has 1 aliphatic carbocycles. The molecule has 0 bridgehead atoms. The molecule has 0 radical (unpaired) electrons. The second-order valence-electron chi connectivity index (χ2n) is 7.50. The smallest absolute Gasteiger partial charge is 0.191 e. The highest BCUT2D eigenvalue weighted by atomic mass is 127. The molecule has 2 rings (SSSR count). The molecule has 4 nitrogen and oxygen atoms in total. The third kappa shape index (κ3) is 5.87. The van der Waals surface area contributed by atoms with E-state index in [2.05, 4.69) is 38.3 Å². The van der Waals surface area contributed by atoms with Crippen LogP contribution in [-0.4, -0.2) is 38.3 Å². The van der Waals surface area contributed by atoms with Gasteiger partial charge in [0.1, 0.15) is 0 Å². The molecule has 0 amide bonds. The van der Waals surface area contributed by atoms with Crippen LogP contribution in [0.25, 0.3) is 0 Å². The molecule has 2 N–H and O–H groups in total. The van der Waals surface area contributed by atoms with E-state index in [-0.39, 0.29) is 29.4 Å². The molecular formula is C17H34IN3O. The zero-order valence-electron chi connectivity index (χ0n) is 14.7. The Morgan fingerprint density at radius 3 is 2.32 bits per heavy atom. The topological polar surface area (TPSA) is 45.7 Å². The SMILES string of the molecule is CCNC(=NCC1(C)COC1)NC1CCC(C(C)C)CC1.I. The van der Waals surface area contributed by atoms with Crippen LogP contribution < -0.4 is 10.6 Å². The number of halogens is 1. The molecular weight excluding hydrogens is 389 g/mol. The third-order valence-corrected chi connectivity index (χ3v) is 4.92. The van der Waals surface area contributed by atoms with Gasteiger partial charge in [-0.25, -0.2) is 0 Å². The van der Waals surface area contributed by atoms with Crippen molar-refractivity contribution in [2.75, 3.05) is 26.3 Å². The summed E-state index contributed by atoms with van der Waals surface area (Å²) in [7, 11) is 0. The van der Waals surface area contributed by atoms with Crippen molar-refractivity contribution in [3.05, 3.63) is 0 Å². The van der Waals surface area contributed by atoms with Gasteiger partial charge in [0.25, 0.3) is 0 Å². The van der Waals surface area contributed by atoms with Crippen molar-refractivity contribution in [2.24, 2.45) is 22.2 Å². The highest BCUT2D eigenvalue weighted by Crippen LogP contribution is 2.30. The Balaban J connectivity index is 0.00000242. The summed E-state index contributed by atoms with van der Waals surface area (Å²) in [5.74, 6) is 2.72. The first-order valence-corrected chi connectivity index (χ1v) is 8.65. The van der Waals surface area contributed by atoms with Gasteiger partial charge in [-0.1, -0.05) is 20.8 Å². The van der Waals surface area contributed by atoms with Gasteiger partial charge in [0.15, 0.2) is 5.96 Å². The molecule has 22 heavy (non-hydrogen) atoms. The van der Waals surface area contributed by atoms with E-state index >= 15 is 0 Å². The van der Waals surface area contributed by atoms with Crippen molar-refractivity contribution in [3.8, 4) is 0 Å². The monoisotopic (exact) mass is 423 g/mol. The van der Waals surface area contributed by atoms with Crippen LogP contribution in [-0.2, 0) is 4.74 Å². The summed E-state index contributed by atoms with van der Waals surface area (Å²) < 4.78 is 5.30. The van der Waals surface area contributed by atoms with Crippen LogP contribution in [0, 0.1) is 17.3 Å². The first kappa shape index (κ1) is 20.0. The zero-order chi connectivity index (χ0) is 15.3. The lowest BCUT2D eigenvalue weighted by molar-refractivity contribution is -0.0945. The van der Waals surface area contributed by atoms with Gasteiger partial charge in [0.05, 0.1) is 19.8 Å². The first-order chi connectivity index (χ1) is 10.0. The van der Waals surface area contributed by atoms with Gasteiger partial charge in [-0.05, 0) is 44.4 Å². The van der Waals surface area contributed by atoms with Crippen LogP contribution in [0.4, 0.5) is 0 Å². The molecule has 0 aromatic rings. The molecule has 1 aliphatic heterocycles. The average Bonchev–Trinajstić information content (AvgIpc) is 2.43. The highest BCUT2D eigenvalue weighted by molar-refractivity contribution is 14.0. The fourth-order valence-electron chi connectivity index (χ4n) is 3.26. The Labute approximate surface area is 153 Å². The predicted octanol–water partition coefficient (Wildman–Crippen LogP) is 3.41. The minimum atomic E-state index is 0. The lowest BCUT2D eigenvalue weighted by Gasteiger charge is -2.37. The first-order valence-electron chi connectivity index (χ1n) is 8.65. The van der Waals surface area contributed by atoms with Gasteiger partial charge >= 0.3 is 0 Å². The van der Waals surface area contributed by atoms with Crippen molar-refractivity contribution in [1.82, 2.24) is 10.6 Å². The minimum Gasteiger partial charge on any atom is -0.380 e. The molecule has 0 aromatic heterocycles. The molecule has 1 saturated carbocycles. The summed E-state index contributed by atoms with van der Waals surface area (Å²) in [5, 5.41) is 7.02. The molecule has 5 heteroatoms. The van der Waals surface area contributed by atoms with Crippen molar-refractivity contribution in [3.63, 3.8) is 0 Å². The second-order valence-corrected chi connectivity index (χ2v) is 7.50. The maximum Gasteiger partial charge on any atom is 0.191 e. The molecule has 0 atom stereocenters. The van der Waals surface area contributed by atoms with Crippen molar-refractivity contribution >= 4 is 29.9 Å². The van der Waals surface area contributed by atoms with E-state index < -0.39 is 0 Å². The maximum absolute atomic E-state index is 5.30. The Hall–Kier alpha value is -0.0400. The molecule has 2 aliphatic rings. The van der Waals surface area contributed by atoms with E-state index in [0.717, 1.165) is 44.1 Å². The number of hydrogen-bond donors (Lipinski definition) is 2. The largest absolute Gasteiger partial charge is 0.380 e. The maximum atomic E-state index is 5.30. The Morgan fingerprint density at radius 1 is 1.23 bits per heavy atom. The average molecular weight is 423 g/mol. The number of hydrogen-bond acceptors (Lipinski definition) is 2. The van der Waals surface area contributed by atoms with Crippen molar-refractivity contribution in [1.29, 1.82) is 0 Å². The fourth-order valence-corrected chi connectivity index (χ4v) is 3.26. The highest BCUT2D eigenvalue weighted by Gasteiger charge is 2.33. The molecule has 1 saturated heterocycles. The minimum absolute atomic E-state index is 0. The number of aliphatic imine (C=N–C) groups is 1. The molecule has 2 fully saturated rings.